The van der Waals surface area contributed by atoms with Crippen LogP contribution in [0.3, 0.4) is 0 Å². The second-order valence-corrected chi connectivity index (χ2v) is 6.53. The molecule has 0 aliphatic carbocycles. The number of para-hydroxylation sites is 1. The van der Waals surface area contributed by atoms with Crippen molar-refractivity contribution < 1.29 is 23.8 Å². The fraction of sp³-hybridized carbons (Fsp3) is 0.368. The lowest BCUT2D eigenvalue weighted by molar-refractivity contribution is -0.138. The third kappa shape index (κ3) is 4.09. The van der Waals surface area contributed by atoms with Crippen molar-refractivity contribution in [2.75, 3.05) is 19.8 Å². The number of carbonyl (C=O) groups is 2. The number of hydrogen-bond acceptors (Lipinski definition) is 5. The first-order valence-electron chi connectivity index (χ1n) is 8.85. The average Bonchev–Trinajstić information content (AvgIpc) is 2.67. The maximum absolute atomic E-state index is 14.2. The number of amides is 1. The summed E-state index contributed by atoms with van der Waals surface area (Å²) in [5, 5.41) is 13.3. The van der Waals surface area contributed by atoms with E-state index in [1.807, 2.05) is 0 Å². The van der Waals surface area contributed by atoms with Gasteiger partial charge in [-0.15, -0.1) is 0 Å². The molecule has 0 atom stereocenters. The first-order chi connectivity index (χ1) is 13.4. The number of carboxylic acid groups (broad SMARTS) is 1. The normalized spacial score (nSPS) is 14.6. The number of rotatable bonds is 5. The summed E-state index contributed by atoms with van der Waals surface area (Å²) in [7, 11) is 0. The molecule has 0 radical (unpaired) electrons. The Morgan fingerprint density at radius 3 is 2.64 bits per heavy atom. The standard InChI is InChI=1S/C19H20FN3O5/c1-12-10-16(24)18(21-23(12)15-5-3-2-4-14(15)20)19(27)22(11-17(25)26)13-6-8-28-9-7-13/h2-5,10,13H,6-9,11H2,1H3,(H,25,26). The number of carboxylic acids is 1. The van der Waals surface area contributed by atoms with E-state index in [1.54, 1.807) is 13.0 Å². The molecule has 1 aromatic carbocycles. The van der Waals surface area contributed by atoms with Crippen LogP contribution in [0.4, 0.5) is 4.39 Å². The highest BCUT2D eigenvalue weighted by atomic mass is 19.1. The minimum absolute atomic E-state index is 0.0879. The van der Waals surface area contributed by atoms with Crippen LogP contribution >= 0.6 is 0 Å². The van der Waals surface area contributed by atoms with Gasteiger partial charge < -0.3 is 14.7 Å². The number of aliphatic carboxylic acids is 1. The zero-order valence-electron chi connectivity index (χ0n) is 15.3. The van der Waals surface area contributed by atoms with Crippen LogP contribution < -0.4 is 5.43 Å². The summed E-state index contributed by atoms with van der Waals surface area (Å²) in [6.45, 7) is 1.81. The molecule has 148 valence electrons. The summed E-state index contributed by atoms with van der Waals surface area (Å²) in [5.41, 5.74) is -0.647. The quantitative estimate of drug-likeness (QED) is 0.829. The lowest BCUT2D eigenvalue weighted by atomic mass is 10.1. The highest BCUT2D eigenvalue weighted by molar-refractivity contribution is 5.94. The molecule has 1 aliphatic heterocycles. The first kappa shape index (κ1) is 19.7. The van der Waals surface area contributed by atoms with Gasteiger partial charge in [-0.1, -0.05) is 12.1 Å². The van der Waals surface area contributed by atoms with Gasteiger partial charge in [0.2, 0.25) is 5.43 Å². The van der Waals surface area contributed by atoms with Gasteiger partial charge in [0.05, 0.1) is 0 Å². The summed E-state index contributed by atoms with van der Waals surface area (Å²) in [6.07, 6.45) is 0.929. The number of aryl methyl sites for hydroxylation is 1. The highest BCUT2D eigenvalue weighted by Crippen LogP contribution is 2.17. The number of aromatic nitrogens is 2. The van der Waals surface area contributed by atoms with Crippen LogP contribution in [0.1, 0.15) is 29.0 Å². The maximum atomic E-state index is 14.2. The van der Waals surface area contributed by atoms with Crippen LogP contribution in [0.5, 0.6) is 0 Å². The van der Waals surface area contributed by atoms with Crippen molar-refractivity contribution in [3.8, 4) is 5.69 Å². The fourth-order valence-corrected chi connectivity index (χ4v) is 3.21. The minimum atomic E-state index is -1.19. The van der Waals surface area contributed by atoms with E-state index < -0.39 is 35.4 Å². The molecule has 1 saturated heterocycles. The van der Waals surface area contributed by atoms with Crippen LogP contribution in [0.15, 0.2) is 35.1 Å². The van der Waals surface area contributed by atoms with E-state index in [4.69, 9.17) is 4.74 Å². The summed E-state index contributed by atoms with van der Waals surface area (Å²) < 4.78 is 20.6. The average molecular weight is 389 g/mol. The molecule has 1 fully saturated rings. The zero-order chi connectivity index (χ0) is 20.3. The van der Waals surface area contributed by atoms with Gasteiger partial charge in [0, 0.05) is 31.0 Å². The summed E-state index contributed by atoms with van der Waals surface area (Å²) >= 11 is 0. The van der Waals surface area contributed by atoms with Crippen LogP contribution in [-0.4, -0.2) is 57.5 Å². The van der Waals surface area contributed by atoms with Gasteiger partial charge >= 0.3 is 5.97 Å². The Balaban J connectivity index is 2.04. The Kier molecular flexibility index (Phi) is 5.84. The Bertz CT molecular complexity index is 953. The second-order valence-electron chi connectivity index (χ2n) is 6.53. The van der Waals surface area contributed by atoms with Crippen LogP contribution in [0.2, 0.25) is 0 Å². The summed E-state index contributed by atoms with van der Waals surface area (Å²) in [6, 6.07) is 6.66. The highest BCUT2D eigenvalue weighted by Gasteiger charge is 2.31. The van der Waals surface area contributed by atoms with Gasteiger partial charge in [-0.2, -0.15) is 5.10 Å². The largest absolute Gasteiger partial charge is 0.480 e. The van der Waals surface area contributed by atoms with E-state index in [-0.39, 0.29) is 11.7 Å². The molecule has 1 aromatic heterocycles. The topological polar surface area (TPSA) is 102 Å². The Hall–Kier alpha value is -3.07. The lowest BCUT2D eigenvalue weighted by Gasteiger charge is -2.32. The monoisotopic (exact) mass is 389 g/mol. The smallest absolute Gasteiger partial charge is 0.323 e. The number of ether oxygens (including phenoxy) is 1. The molecule has 0 spiro atoms. The molecular formula is C19H20FN3O5. The van der Waals surface area contributed by atoms with Crippen LogP contribution in [-0.2, 0) is 9.53 Å². The molecule has 3 rings (SSSR count). The zero-order valence-corrected chi connectivity index (χ0v) is 15.3. The van der Waals surface area contributed by atoms with E-state index in [2.05, 4.69) is 5.10 Å². The van der Waals surface area contributed by atoms with Gasteiger partial charge in [-0.25, -0.2) is 9.07 Å². The molecule has 28 heavy (non-hydrogen) atoms. The van der Waals surface area contributed by atoms with Gasteiger partial charge in [-0.3, -0.25) is 14.4 Å². The number of benzene rings is 1. The fourth-order valence-electron chi connectivity index (χ4n) is 3.21. The Morgan fingerprint density at radius 1 is 1.32 bits per heavy atom. The molecule has 1 N–H and O–H groups in total. The van der Waals surface area contributed by atoms with Crippen molar-refractivity contribution in [1.29, 1.82) is 0 Å². The Labute approximate surface area is 160 Å². The van der Waals surface area contributed by atoms with Gasteiger partial charge in [0.1, 0.15) is 18.0 Å². The van der Waals surface area contributed by atoms with Crippen molar-refractivity contribution in [3.63, 3.8) is 0 Å². The van der Waals surface area contributed by atoms with E-state index in [0.717, 1.165) is 4.90 Å². The lowest BCUT2D eigenvalue weighted by Crippen LogP contribution is -2.47. The van der Waals surface area contributed by atoms with E-state index in [0.29, 0.717) is 31.7 Å². The molecule has 2 aromatic rings. The molecule has 0 saturated carbocycles. The molecule has 9 heteroatoms. The van der Waals surface area contributed by atoms with Gasteiger partial charge in [0.25, 0.3) is 5.91 Å². The van der Waals surface area contributed by atoms with Gasteiger partial charge in [0.15, 0.2) is 5.69 Å². The number of nitrogens with zero attached hydrogens (tertiary/aromatic N) is 3. The summed E-state index contributed by atoms with van der Waals surface area (Å²) in [4.78, 5) is 37.9. The van der Waals surface area contributed by atoms with E-state index in [9.17, 15) is 23.9 Å². The second kappa shape index (κ2) is 8.30. The Morgan fingerprint density at radius 2 is 2.00 bits per heavy atom. The third-order valence-electron chi connectivity index (χ3n) is 4.59. The predicted molar refractivity (Wildman–Crippen MR) is 97.0 cm³/mol. The van der Waals surface area contributed by atoms with Crippen molar-refractivity contribution in [2.45, 2.75) is 25.8 Å². The van der Waals surface area contributed by atoms with Crippen molar-refractivity contribution in [2.24, 2.45) is 0 Å². The summed E-state index contributed by atoms with van der Waals surface area (Å²) in [5.74, 6) is -2.54. The number of halogens is 1. The van der Waals surface area contributed by atoms with E-state index >= 15 is 0 Å². The molecular weight excluding hydrogens is 369 g/mol. The minimum Gasteiger partial charge on any atom is -0.480 e. The van der Waals surface area contributed by atoms with E-state index in [1.165, 1.54) is 28.9 Å². The molecule has 0 bridgehead atoms. The SMILES string of the molecule is Cc1cc(=O)c(C(=O)N(CC(=O)O)C2CCOCC2)nn1-c1ccccc1F. The molecule has 2 heterocycles. The van der Waals surface area contributed by atoms with Gasteiger partial charge in [-0.05, 0) is 31.9 Å². The van der Waals surface area contributed by atoms with Crippen molar-refractivity contribution in [1.82, 2.24) is 14.7 Å². The van der Waals surface area contributed by atoms with Crippen molar-refractivity contribution in [3.05, 3.63) is 57.8 Å². The third-order valence-corrected chi connectivity index (χ3v) is 4.59. The van der Waals surface area contributed by atoms with Crippen LogP contribution in [0.25, 0.3) is 5.69 Å². The maximum Gasteiger partial charge on any atom is 0.323 e. The molecule has 8 nitrogen and oxygen atoms in total. The first-order valence-corrected chi connectivity index (χ1v) is 8.85. The predicted octanol–water partition coefficient (Wildman–Crippen LogP) is 1.39. The molecule has 1 aliphatic rings. The van der Waals surface area contributed by atoms with Crippen molar-refractivity contribution >= 4 is 11.9 Å². The number of carbonyl (C=O) groups excluding carboxylic acids is 1. The molecule has 1 amide bonds. The number of hydrogen-bond donors (Lipinski definition) is 1. The molecule has 0 unspecified atom stereocenters. The van der Waals surface area contributed by atoms with Crippen LogP contribution in [0, 0.1) is 12.7 Å².